The number of aliphatic hydroxyl groups is 1. The molecule has 1 aromatic rings. The number of aliphatic imine (C=N–C) groups is 1. The fourth-order valence-corrected chi connectivity index (χ4v) is 3.82. The Labute approximate surface area is 151 Å². The number of guanidine groups is 1. The Morgan fingerprint density at radius 2 is 2.16 bits per heavy atom. The fourth-order valence-electron chi connectivity index (χ4n) is 2.54. The Bertz CT molecular complexity index is 564. The molecular formula is C17H25F2N3O2S. The average Bonchev–Trinajstić information content (AvgIpc) is 2.99. The highest BCUT2D eigenvalue weighted by molar-refractivity contribution is 7.99. The summed E-state index contributed by atoms with van der Waals surface area (Å²) in [4.78, 5) is 6.51. The number of benzene rings is 1. The van der Waals surface area contributed by atoms with E-state index in [9.17, 15) is 13.9 Å². The SMILES string of the molecule is CCNC(=NCC1(O)CCSC1)N(C)Cc1ccc(OC(F)F)cc1. The monoisotopic (exact) mass is 373 g/mol. The molecule has 0 aliphatic carbocycles. The molecule has 0 spiro atoms. The number of rotatable bonds is 7. The number of nitrogens with one attached hydrogen (secondary N) is 1. The summed E-state index contributed by atoms with van der Waals surface area (Å²) >= 11 is 1.74. The van der Waals surface area contributed by atoms with Gasteiger partial charge in [-0.3, -0.25) is 4.99 Å². The average molecular weight is 373 g/mol. The minimum absolute atomic E-state index is 0.142. The molecule has 1 unspecified atom stereocenters. The Morgan fingerprint density at radius 3 is 2.72 bits per heavy atom. The van der Waals surface area contributed by atoms with Gasteiger partial charge in [0.1, 0.15) is 5.75 Å². The van der Waals surface area contributed by atoms with Crippen LogP contribution in [0, 0.1) is 0 Å². The van der Waals surface area contributed by atoms with E-state index in [0.717, 1.165) is 24.3 Å². The third-order valence-electron chi connectivity index (χ3n) is 3.87. The molecular weight excluding hydrogens is 348 g/mol. The molecule has 1 heterocycles. The lowest BCUT2D eigenvalue weighted by atomic mass is 10.0. The van der Waals surface area contributed by atoms with Crippen LogP contribution in [0.3, 0.4) is 0 Å². The van der Waals surface area contributed by atoms with Crippen molar-refractivity contribution < 1.29 is 18.6 Å². The lowest BCUT2D eigenvalue weighted by molar-refractivity contribution is -0.0498. The Hall–Kier alpha value is -1.54. The quantitative estimate of drug-likeness (QED) is 0.568. The number of nitrogens with zero attached hydrogens (tertiary/aromatic N) is 2. The van der Waals surface area contributed by atoms with E-state index in [2.05, 4.69) is 15.0 Å². The maximum Gasteiger partial charge on any atom is 0.387 e. The van der Waals surface area contributed by atoms with Crippen molar-refractivity contribution >= 4 is 17.7 Å². The zero-order chi connectivity index (χ0) is 18.3. The number of hydrogen-bond acceptors (Lipinski definition) is 4. The lowest BCUT2D eigenvalue weighted by Crippen LogP contribution is -2.41. The molecule has 1 atom stereocenters. The van der Waals surface area contributed by atoms with E-state index >= 15 is 0 Å². The summed E-state index contributed by atoms with van der Waals surface area (Å²) in [5.41, 5.74) is 0.227. The van der Waals surface area contributed by atoms with Gasteiger partial charge in [-0.1, -0.05) is 12.1 Å². The van der Waals surface area contributed by atoms with Crippen LogP contribution in [-0.2, 0) is 6.54 Å². The van der Waals surface area contributed by atoms with Crippen LogP contribution in [0.1, 0.15) is 18.9 Å². The molecule has 140 valence electrons. The minimum atomic E-state index is -2.82. The largest absolute Gasteiger partial charge is 0.435 e. The van der Waals surface area contributed by atoms with E-state index in [1.165, 1.54) is 12.1 Å². The van der Waals surface area contributed by atoms with Crippen LogP contribution in [0.2, 0.25) is 0 Å². The summed E-state index contributed by atoms with van der Waals surface area (Å²) < 4.78 is 28.7. The number of thioether (sulfide) groups is 1. The standard InChI is InChI=1S/C17H25F2N3O2S/c1-3-20-16(21-11-17(23)8-9-25-12-17)22(2)10-13-4-6-14(7-5-13)24-15(18)19/h4-7,15,23H,3,8-12H2,1-2H3,(H,20,21). The van der Waals surface area contributed by atoms with Crippen molar-refractivity contribution in [2.45, 2.75) is 32.1 Å². The maximum atomic E-state index is 12.2. The second-order valence-corrected chi connectivity index (χ2v) is 7.18. The molecule has 2 N–H and O–H groups in total. The zero-order valence-electron chi connectivity index (χ0n) is 14.5. The highest BCUT2D eigenvalue weighted by Crippen LogP contribution is 2.28. The second-order valence-electron chi connectivity index (χ2n) is 6.08. The Kier molecular flexibility index (Phi) is 7.31. The van der Waals surface area contributed by atoms with E-state index < -0.39 is 12.2 Å². The third kappa shape index (κ3) is 6.36. The Morgan fingerprint density at radius 1 is 1.44 bits per heavy atom. The van der Waals surface area contributed by atoms with Gasteiger partial charge < -0.3 is 20.1 Å². The highest BCUT2D eigenvalue weighted by atomic mass is 32.2. The van der Waals surface area contributed by atoms with Gasteiger partial charge in [-0.25, -0.2) is 0 Å². The zero-order valence-corrected chi connectivity index (χ0v) is 15.4. The van der Waals surface area contributed by atoms with Gasteiger partial charge in [-0.2, -0.15) is 20.5 Å². The molecule has 1 aliphatic heterocycles. The van der Waals surface area contributed by atoms with Crippen molar-refractivity contribution in [3.63, 3.8) is 0 Å². The molecule has 1 saturated heterocycles. The fraction of sp³-hybridized carbons (Fsp3) is 0.588. The Balaban J connectivity index is 1.98. The molecule has 1 aromatic carbocycles. The molecule has 25 heavy (non-hydrogen) atoms. The summed E-state index contributed by atoms with van der Waals surface area (Å²) in [5, 5.41) is 13.6. The summed E-state index contributed by atoms with van der Waals surface area (Å²) in [6.07, 6.45) is 0.760. The number of hydrogen-bond donors (Lipinski definition) is 2. The highest BCUT2D eigenvalue weighted by Gasteiger charge is 2.31. The first kappa shape index (κ1) is 19.8. The van der Waals surface area contributed by atoms with E-state index in [-0.39, 0.29) is 5.75 Å². The van der Waals surface area contributed by atoms with Gasteiger partial charge in [0.2, 0.25) is 0 Å². The van der Waals surface area contributed by atoms with E-state index in [1.807, 2.05) is 18.9 Å². The molecule has 0 amide bonds. The molecule has 1 aliphatic rings. The molecule has 2 rings (SSSR count). The van der Waals surface area contributed by atoms with Gasteiger partial charge in [0.05, 0.1) is 12.1 Å². The summed E-state index contributed by atoms with van der Waals surface area (Å²) in [5.74, 6) is 2.53. The smallest absolute Gasteiger partial charge is 0.387 e. The lowest BCUT2D eigenvalue weighted by Gasteiger charge is -2.25. The van der Waals surface area contributed by atoms with E-state index in [0.29, 0.717) is 24.8 Å². The molecule has 1 fully saturated rings. The van der Waals surface area contributed by atoms with Crippen molar-refractivity contribution in [2.24, 2.45) is 4.99 Å². The van der Waals surface area contributed by atoms with E-state index in [4.69, 9.17) is 0 Å². The van der Waals surface area contributed by atoms with Gasteiger partial charge in [-0.05, 0) is 36.8 Å². The molecule has 5 nitrogen and oxygen atoms in total. The van der Waals surface area contributed by atoms with Gasteiger partial charge in [-0.15, -0.1) is 0 Å². The van der Waals surface area contributed by atoms with Crippen molar-refractivity contribution in [3.8, 4) is 5.75 Å². The number of ether oxygens (including phenoxy) is 1. The summed E-state index contributed by atoms with van der Waals surface area (Å²) in [7, 11) is 1.90. The van der Waals surface area contributed by atoms with E-state index in [1.54, 1.807) is 23.9 Å². The van der Waals surface area contributed by atoms with Crippen LogP contribution < -0.4 is 10.1 Å². The van der Waals surface area contributed by atoms with Crippen molar-refractivity contribution in [2.75, 3.05) is 31.6 Å². The first-order valence-corrected chi connectivity index (χ1v) is 9.41. The van der Waals surface area contributed by atoms with Gasteiger partial charge >= 0.3 is 6.61 Å². The van der Waals surface area contributed by atoms with Crippen LogP contribution in [0.25, 0.3) is 0 Å². The second kappa shape index (κ2) is 9.24. The molecule has 0 radical (unpaired) electrons. The molecule has 0 saturated carbocycles. The maximum absolute atomic E-state index is 12.2. The predicted molar refractivity (Wildman–Crippen MR) is 97.4 cm³/mol. The van der Waals surface area contributed by atoms with Crippen LogP contribution in [0.15, 0.2) is 29.3 Å². The first-order valence-electron chi connectivity index (χ1n) is 8.25. The van der Waals surface area contributed by atoms with Gasteiger partial charge in [0, 0.05) is 25.9 Å². The normalized spacial score (nSPS) is 20.8. The van der Waals surface area contributed by atoms with Gasteiger partial charge in [0.25, 0.3) is 0 Å². The summed E-state index contributed by atoms with van der Waals surface area (Å²) in [6, 6.07) is 6.55. The van der Waals surface area contributed by atoms with Crippen molar-refractivity contribution in [1.29, 1.82) is 0 Å². The van der Waals surface area contributed by atoms with Crippen LogP contribution in [0.5, 0.6) is 5.75 Å². The molecule has 0 aromatic heterocycles. The van der Waals surface area contributed by atoms with Crippen LogP contribution in [0.4, 0.5) is 8.78 Å². The minimum Gasteiger partial charge on any atom is -0.435 e. The van der Waals surface area contributed by atoms with Crippen molar-refractivity contribution in [3.05, 3.63) is 29.8 Å². The van der Waals surface area contributed by atoms with Crippen LogP contribution >= 0.6 is 11.8 Å². The molecule has 0 bridgehead atoms. The predicted octanol–water partition coefficient (Wildman–Crippen LogP) is 2.55. The number of alkyl halides is 2. The van der Waals surface area contributed by atoms with Crippen molar-refractivity contribution in [1.82, 2.24) is 10.2 Å². The number of halogens is 2. The third-order valence-corrected chi connectivity index (χ3v) is 5.10. The summed E-state index contributed by atoms with van der Waals surface area (Å²) in [6.45, 7) is 0.819. The topological polar surface area (TPSA) is 57.1 Å². The van der Waals surface area contributed by atoms with Gasteiger partial charge in [0.15, 0.2) is 5.96 Å². The first-order chi connectivity index (χ1) is 11.9. The van der Waals surface area contributed by atoms with Crippen LogP contribution in [-0.4, -0.2) is 59.8 Å². The molecule has 8 heteroatoms.